The summed E-state index contributed by atoms with van der Waals surface area (Å²) in [5, 5.41) is 10.1. The highest BCUT2D eigenvalue weighted by atomic mass is 16.5. The van der Waals surface area contributed by atoms with E-state index in [1.807, 2.05) is 44.2 Å². The van der Waals surface area contributed by atoms with Crippen molar-refractivity contribution in [3.8, 4) is 0 Å². The van der Waals surface area contributed by atoms with Gasteiger partial charge in [0.25, 0.3) is 0 Å². The molecule has 3 atom stereocenters. The smallest absolute Gasteiger partial charge is 0.140 e. The van der Waals surface area contributed by atoms with Gasteiger partial charge in [-0.05, 0) is 12.5 Å². The highest BCUT2D eigenvalue weighted by Gasteiger charge is 2.28. The third-order valence-electron chi connectivity index (χ3n) is 3.37. The largest absolute Gasteiger partial charge is 0.390 e. The first kappa shape index (κ1) is 15.9. The zero-order chi connectivity index (χ0) is 14.4. The average molecular weight is 264 g/mol. The van der Waals surface area contributed by atoms with Crippen LogP contribution < -0.4 is 0 Å². The summed E-state index contributed by atoms with van der Waals surface area (Å²) in [5.41, 5.74) is 1.06. The van der Waals surface area contributed by atoms with Gasteiger partial charge in [-0.1, -0.05) is 51.1 Å². The van der Waals surface area contributed by atoms with E-state index in [0.29, 0.717) is 6.61 Å². The second-order valence-electron chi connectivity index (χ2n) is 5.34. The molecule has 0 aliphatic heterocycles. The summed E-state index contributed by atoms with van der Waals surface area (Å²) in [5.74, 6) is -0.389. The van der Waals surface area contributed by atoms with Crippen LogP contribution in [0.5, 0.6) is 0 Å². The Morgan fingerprint density at radius 3 is 2.26 bits per heavy atom. The van der Waals surface area contributed by atoms with Crippen LogP contribution in [0, 0.1) is 11.8 Å². The molecule has 1 aromatic rings. The van der Waals surface area contributed by atoms with E-state index in [2.05, 4.69) is 0 Å². The van der Waals surface area contributed by atoms with Crippen molar-refractivity contribution in [1.82, 2.24) is 0 Å². The lowest BCUT2D eigenvalue weighted by Gasteiger charge is -2.25. The lowest BCUT2D eigenvalue weighted by atomic mass is 9.90. The summed E-state index contributed by atoms with van der Waals surface area (Å²) in [7, 11) is 0. The third kappa shape index (κ3) is 4.77. The lowest BCUT2D eigenvalue weighted by Crippen LogP contribution is -2.37. The topological polar surface area (TPSA) is 46.5 Å². The standard InChI is InChI=1S/C16H24O3/c1-11(2)15(17)12(3)16(18)13(4)19-10-14-8-6-5-7-9-14/h5-9,11-13,16,18H,10H2,1-4H3/t12-,13-,16+/m0/s1. The molecule has 19 heavy (non-hydrogen) atoms. The van der Waals surface area contributed by atoms with E-state index >= 15 is 0 Å². The number of ketones is 1. The van der Waals surface area contributed by atoms with Crippen LogP contribution >= 0.6 is 0 Å². The number of hydrogen-bond donors (Lipinski definition) is 1. The maximum Gasteiger partial charge on any atom is 0.140 e. The molecule has 1 rings (SSSR count). The van der Waals surface area contributed by atoms with E-state index < -0.39 is 12.0 Å². The zero-order valence-corrected chi connectivity index (χ0v) is 12.2. The fourth-order valence-electron chi connectivity index (χ4n) is 2.00. The van der Waals surface area contributed by atoms with Crippen molar-refractivity contribution in [2.24, 2.45) is 11.8 Å². The molecule has 3 heteroatoms. The molecule has 0 saturated carbocycles. The van der Waals surface area contributed by atoms with Gasteiger partial charge >= 0.3 is 0 Å². The van der Waals surface area contributed by atoms with E-state index in [9.17, 15) is 9.90 Å². The molecule has 0 aromatic heterocycles. The Hall–Kier alpha value is -1.19. The summed E-state index contributed by atoms with van der Waals surface area (Å²) < 4.78 is 5.64. The highest BCUT2D eigenvalue weighted by molar-refractivity contribution is 5.83. The lowest BCUT2D eigenvalue weighted by molar-refractivity contribution is -0.133. The molecule has 1 aromatic carbocycles. The summed E-state index contributed by atoms with van der Waals surface area (Å²) in [4.78, 5) is 11.8. The molecule has 1 N–H and O–H groups in total. The normalized spacial score (nSPS) is 16.1. The number of Topliss-reactive ketones (excluding diaryl/α,β-unsaturated/α-hetero) is 1. The van der Waals surface area contributed by atoms with E-state index in [0.717, 1.165) is 5.56 Å². The summed E-state index contributed by atoms with van der Waals surface area (Å²) in [6.45, 7) is 7.71. The maximum absolute atomic E-state index is 11.8. The predicted octanol–water partition coefficient (Wildman–Crippen LogP) is 2.81. The Bertz CT molecular complexity index is 386. The number of carbonyl (C=O) groups excluding carboxylic acids is 1. The van der Waals surface area contributed by atoms with Crippen molar-refractivity contribution < 1.29 is 14.6 Å². The number of ether oxygens (including phenoxy) is 1. The van der Waals surface area contributed by atoms with Gasteiger partial charge in [0.15, 0.2) is 0 Å². The van der Waals surface area contributed by atoms with Gasteiger partial charge in [-0.25, -0.2) is 0 Å². The minimum Gasteiger partial charge on any atom is -0.390 e. The third-order valence-corrected chi connectivity index (χ3v) is 3.37. The van der Waals surface area contributed by atoms with Crippen molar-refractivity contribution in [2.45, 2.75) is 46.5 Å². The molecule has 0 heterocycles. The summed E-state index contributed by atoms with van der Waals surface area (Å²) in [6, 6.07) is 9.80. The molecule has 0 unspecified atom stereocenters. The Morgan fingerprint density at radius 2 is 1.74 bits per heavy atom. The molecule has 0 saturated heterocycles. The van der Waals surface area contributed by atoms with Crippen LogP contribution in [-0.4, -0.2) is 23.1 Å². The average Bonchev–Trinajstić information content (AvgIpc) is 2.43. The van der Waals surface area contributed by atoms with Gasteiger partial charge in [-0.15, -0.1) is 0 Å². The summed E-state index contributed by atoms with van der Waals surface area (Å²) in [6.07, 6.45) is -1.13. The first-order chi connectivity index (χ1) is 8.93. The van der Waals surface area contributed by atoms with Gasteiger partial charge in [-0.2, -0.15) is 0 Å². The van der Waals surface area contributed by atoms with Crippen LogP contribution in [0.25, 0.3) is 0 Å². The predicted molar refractivity (Wildman–Crippen MR) is 75.7 cm³/mol. The van der Waals surface area contributed by atoms with Crippen LogP contribution in [-0.2, 0) is 16.1 Å². The molecule has 106 valence electrons. The Labute approximate surface area is 115 Å². The minimum atomic E-state index is -0.765. The molecule has 0 radical (unpaired) electrons. The number of carbonyl (C=O) groups is 1. The quantitative estimate of drug-likeness (QED) is 0.823. The van der Waals surface area contributed by atoms with Gasteiger partial charge in [0.05, 0.1) is 18.8 Å². The molecule has 3 nitrogen and oxygen atoms in total. The van der Waals surface area contributed by atoms with E-state index in [1.54, 1.807) is 13.8 Å². The van der Waals surface area contributed by atoms with Gasteiger partial charge in [0, 0.05) is 11.8 Å². The Kier molecular flexibility index (Phi) is 6.19. The molecule has 0 bridgehead atoms. The monoisotopic (exact) mass is 264 g/mol. The molecule has 0 aliphatic carbocycles. The van der Waals surface area contributed by atoms with E-state index in [4.69, 9.17) is 4.74 Å². The van der Waals surface area contributed by atoms with Crippen molar-refractivity contribution >= 4 is 5.78 Å². The van der Waals surface area contributed by atoms with Gasteiger partial charge in [-0.3, -0.25) is 4.79 Å². The number of aliphatic hydroxyl groups excluding tert-OH is 1. The molecule has 0 aliphatic rings. The molecule has 0 amide bonds. The van der Waals surface area contributed by atoms with Crippen molar-refractivity contribution in [3.63, 3.8) is 0 Å². The molecular formula is C16H24O3. The fourth-order valence-corrected chi connectivity index (χ4v) is 2.00. The van der Waals surface area contributed by atoms with Crippen LogP contribution in [0.4, 0.5) is 0 Å². The Morgan fingerprint density at radius 1 is 1.16 bits per heavy atom. The van der Waals surface area contributed by atoms with Crippen molar-refractivity contribution in [1.29, 1.82) is 0 Å². The van der Waals surface area contributed by atoms with Crippen molar-refractivity contribution in [3.05, 3.63) is 35.9 Å². The van der Waals surface area contributed by atoms with Gasteiger partial charge < -0.3 is 9.84 Å². The van der Waals surface area contributed by atoms with E-state index in [1.165, 1.54) is 0 Å². The van der Waals surface area contributed by atoms with Crippen LogP contribution in [0.15, 0.2) is 30.3 Å². The van der Waals surface area contributed by atoms with E-state index in [-0.39, 0.29) is 17.8 Å². The number of benzene rings is 1. The van der Waals surface area contributed by atoms with Crippen LogP contribution in [0.3, 0.4) is 0 Å². The first-order valence-corrected chi connectivity index (χ1v) is 6.80. The van der Waals surface area contributed by atoms with Gasteiger partial charge in [0.2, 0.25) is 0 Å². The van der Waals surface area contributed by atoms with Crippen molar-refractivity contribution in [2.75, 3.05) is 0 Å². The first-order valence-electron chi connectivity index (χ1n) is 6.80. The van der Waals surface area contributed by atoms with Crippen LogP contribution in [0.2, 0.25) is 0 Å². The fraction of sp³-hybridized carbons (Fsp3) is 0.562. The Balaban J connectivity index is 2.48. The van der Waals surface area contributed by atoms with Gasteiger partial charge in [0.1, 0.15) is 5.78 Å². The number of aliphatic hydroxyl groups is 1. The SMILES string of the molecule is CC(C)C(=O)[C@H](C)[C@@H](O)[C@H](C)OCc1ccccc1. The number of rotatable bonds is 7. The zero-order valence-electron chi connectivity index (χ0n) is 12.2. The second-order valence-corrected chi connectivity index (χ2v) is 5.34. The second kappa shape index (κ2) is 7.41. The molecule has 0 fully saturated rings. The highest BCUT2D eigenvalue weighted by Crippen LogP contribution is 2.16. The van der Waals surface area contributed by atoms with Crippen LogP contribution in [0.1, 0.15) is 33.3 Å². The molecular weight excluding hydrogens is 240 g/mol. The number of hydrogen-bond acceptors (Lipinski definition) is 3. The maximum atomic E-state index is 11.8. The molecule has 0 spiro atoms. The minimum absolute atomic E-state index is 0.0639. The summed E-state index contributed by atoms with van der Waals surface area (Å²) >= 11 is 0.